The van der Waals surface area contributed by atoms with Crippen molar-refractivity contribution < 1.29 is 5.11 Å². The monoisotopic (exact) mass is 245 g/mol. The van der Waals surface area contributed by atoms with Gasteiger partial charge in [-0.25, -0.2) is 4.98 Å². The van der Waals surface area contributed by atoms with Crippen molar-refractivity contribution in [3.05, 3.63) is 30.5 Å². The molecule has 0 saturated heterocycles. The Balaban J connectivity index is 2.03. The van der Waals surface area contributed by atoms with Gasteiger partial charge in [-0.1, -0.05) is 25.5 Å². The van der Waals surface area contributed by atoms with E-state index in [1.807, 2.05) is 24.3 Å². The molecule has 0 amide bonds. The highest BCUT2D eigenvalue weighted by molar-refractivity contribution is 5.75. The minimum atomic E-state index is 0.240. The summed E-state index contributed by atoms with van der Waals surface area (Å²) in [5, 5.41) is 12.2. The Morgan fingerprint density at radius 2 is 2.06 bits per heavy atom. The number of anilines is 1. The molecule has 0 saturated carbocycles. The number of aliphatic hydroxyl groups is 1. The quantitative estimate of drug-likeness (QED) is 0.820. The van der Waals surface area contributed by atoms with E-state index < -0.39 is 0 Å². The standard InChI is InChI=1S/C14H19N3O/c1-2-11(7-8-18)9-16-14-10-15-12-5-3-4-6-13(12)17-14/h3-6,10-11,18H,2,7-9H2,1H3,(H,16,17). The lowest BCUT2D eigenvalue weighted by molar-refractivity contribution is 0.258. The molecule has 0 aliphatic heterocycles. The summed E-state index contributed by atoms with van der Waals surface area (Å²) in [5.74, 6) is 1.27. The molecular formula is C14H19N3O. The first kappa shape index (κ1) is 12.8. The van der Waals surface area contributed by atoms with E-state index in [0.29, 0.717) is 5.92 Å². The summed E-state index contributed by atoms with van der Waals surface area (Å²) in [6, 6.07) is 7.82. The number of fused-ring (bicyclic) bond motifs is 1. The predicted octanol–water partition coefficient (Wildman–Crippen LogP) is 2.45. The molecule has 96 valence electrons. The van der Waals surface area contributed by atoms with Crippen LogP contribution in [0.1, 0.15) is 19.8 Å². The highest BCUT2D eigenvalue weighted by Crippen LogP contribution is 2.13. The van der Waals surface area contributed by atoms with Crippen LogP contribution in [0.2, 0.25) is 0 Å². The van der Waals surface area contributed by atoms with Crippen molar-refractivity contribution in [2.75, 3.05) is 18.5 Å². The van der Waals surface area contributed by atoms with Crippen molar-refractivity contribution in [3.8, 4) is 0 Å². The second-order valence-electron chi connectivity index (χ2n) is 4.41. The SMILES string of the molecule is CCC(CCO)CNc1cnc2ccccc2n1. The zero-order valence-corrected chi connectivity index (χ0v) is 10.6. The van der Waals surface area contributed by atoms with Crippen LogP contribution >= 0.6 is 0 Å². The smallest absolute Gasteiger partial charge is 0.145 e. The number of aromatic nitrogens is 2. The van der Waals surface area contributed by atoms with E-state index in [-0.39, 0.29) is 6.61 Å². The molecule has 1 aromatic carbocycles. The Kier molecular flexibility index (Phi) is 4.47. The Labute approximate surface area is 107 Å². The Morgan fingerprint density at radius 3 is 2.78 bits per heavy atom. The highest BCUT2D eigenvalue weighted by Gasteiger charge is 2.06. The van der Waals surface area contributed by atoms with E-state index in [2.05, 4.69) is 22.2 Å². The molecule has 4 nitrogen and oxygen atoms in total. The van der Waals surface area contributed by atoms with Crippen LogP contribution < -0.4 is 5.32 Å². The molecule has 0 bridgehead atoms. The van der Waals surface area contributed by atoms with Gasteiger partial charge in [0.2, 0.25) is 0 Å². The highest BCUT2D eigenvalue weighted by atomic mass is 16.3. The number of aliphatic hydroxyl groups excluding tert-OH is 1. The number of benzene rings is 1. The number of nitrogens with one attached hydrogen (secondary N) is 1. The Hall–Kier alpha value is -1.68. The number of para-hydroxylation sites is 2. The Morgan fingerprint density at radius 1 is 1.28 bits per heavy atom. The van der Waals surface area contributed by atoms with Gasteiger partial charge in [-0.2, -0.15) is 0 Å². The van der Waals surface area contributed by atoms with E-state index in [9.17, 15) is 0 Å². The molecule has 0 radical (unpaired) electrons. The molecular weight excluding hydrogens is 226 g/mol. The summed E-state index contributed by atoms with van der Waals surface area (Å²) in [5.41, 5.74) is 1.81. The summed E-state index contributed by atoms with van der Waals surface area (Å²) in [7, 11) is 0. The second kappa shape index (κ2) is 6.31. The lowest BCUT2D eigenvalue weighted by Crippen LogP contribution is -2.15. The molecule has 1 heterocycles. The van der Waals surface area contributed by atoms with Gasteiger partial charge in [0, 0.05) is 13.2 Å². The molecule has 1 unspecified atom stereocenters. The third-order valence-corrected chi connectivity index (χ3v) is 3.14. The molecule has 1 atom stereocenters. The van der Waals surface area contributed by atoms with E-state index in [0.717, 1.165) is 36.2 Å². The summed E-state index contributed by atoms with van der Waals surface area (Å²) in [4.78, 5) is 8.86. The fraction of sp³-hybridized carbons (Fsp3) is 0.429. The summed E-state index contributed by atoms with van der Waals surface area (Å²) in [6.07, 6.45) is 3.63. The number of hydrogen-bond donors (Lipinski definition) is 2. The molecule has 1 aromatic heterocycles. The van der Waals surface area contributed by atoms with Crippen molar-refractivity contribution in [2.24, 2.45) is 5.92 Å². The van der Waals surface area contributed by atoms with Crippen LogP contribution in [0, 0.1) is 5.92 Å². The minimum absolute atomic E-state index is 0.240. The largest absolute Gasteiger partial charge is 0.396 e. The van der Waals surface area contributed by atoms with E-state index in [1.165, 1.54) is 0 Å². The van der Waals surface area contributed by atoms with Crippen molar-refractivity contribution in [3.63, 3.8) is 0 Å². The van der Waals surface area contributed by atoms with Gasteiger partial charge in [0.05, 0.1) is 17.2 Å². The van der Waals surface area contributed by atoms with Gasteiger partial charge >= 0.3 is 0 Å². The molecule has 0 aliphatic rings. The van der Waals surface area contributed by atoms with E-state index >= 15 is 0 Å². The molecule has 2 rings (SSSR count). The van der Waals surface area contributed by atoms with Crippen molar-refractivity contribution >= 4 is 16.9 Å². The van der Waals surface area contributed by atoms with Gasteiger partial charge in [0.25, 0.3) is 0 Å². The van der Waals surface area contributed by atoms with Crippen LogP contribution in [-0.4, -0.2) is 28.2 Å². The molecule has 0 aliphatic carbocycles. The maximum Gasteiger partial charge on any atom is 0.145 e. The minimum Gasteiger partial charge on any atom is -0.396 e. The fourth-order valence-corrected chi connectivity index (χ4v) is 1.92. The van der Waals surface area contributed by atoms with Crippen molar-refractivity contribution in [2.45, 2.75) is 19.8 Å². The fourth-order valence-electron chi connectivity index (χ4n) is 1.92. The van der Waals surface area contributed by atoms with Gasteiger partial charge in [-0.15, -0.1) is 0 Å². The maximum atomic E-state index is 8.95. The zero-order chi connectivity index (χ0) is 12.8. The lowest BCUT2D eigenvalue weighted by Gasteiger charge is -2.14. The third-order valence-electron chi connectivity index (χ3n) is 3.14. The van der Waals surface area contributed by atoms with Crippen LogP contribution in [0.3, 0.4) is 0 Å². The number of hydrogen-bond acceptors (Lipinski definition) is 4. The van der Waals surface area contributed by atoms with Gasteiger partial charge < -0.3 is 10.4 Å². The normalized spacial score (nSPS) is 12.6. The van der Waals surface area contributed by atoms with Gasteiger partial charge in [-0.05, 0) is 24.5 Å². The topological polar surface area (TPSA) is 58.0 Å². The van der Waals surface area contributed by atoms with Crippen LogP contribution in [0.25, 0.3) is 11.0 Å². The van der Waals surface area contributed by atoms with Crippen molar-refractivity contribution in [1.82, 2.24) is 9.97 Å². The Bertz CT molecular complexity index is 501. The zero-order valence-electron chi connectivity index (χ0n) is 10.6. The van der Waals surface area contributed by atoms with Crippen LogP contribution in [0.15, 0.2) is 30.5 Å². The molecule has 4 heteroatoms. The van der Waals surface area contributed by atoms with Crippen LogP contribution in [0.5, 0.6) is 0 Å². The van der Waals surface area contributed by atoms with Gasteiger partial charge in [0.15, 0.2) is 0 Å². The molecule has 18 heavy (non-hydrogen) atoms. The third kappa shape index (κ3) is 3.17. The lowest BCUT2D eigenvalue weighted by atomic mass is 10.0. The van der Waals surface area contributed by atoms with Gasteiger partial charge in [0.1, 0.15) is 5.82 Å². The summed E-state index contributed by atoms with van der Waals surface area (Å²) >= 11 is 0. The van der Waals surface area contributed by atoms with Gasteiger partial charge in [-0.3, -0.25) is 4.98 Å². The average Bonchev–Trinajstić information content (AvgIpc) is 2.43. The molecule has 0 spiro atoms. The molecule has 0 fully saturated rings. The predicted molar refractivity (Wildman–Crippen MR) is 73.5 cm³/mol. The van der Waals surface area contributed by atoms with Crippen LogP contribution in [-0.2, 0) is 0 Å². The second-order valence-corrected chi connectivity index (χ2v) is 4.41. The van der Waals surface area contributed by atoms with E-state index in [4.69, 9.17) is 5.11 Å². The first-order valence-corrected chi connectivity index (χ1v) is 6.40. The molecule has 2 aromatic rings. The first-order valence-electron chi connectivity index (χ1n) is 6.40. The van der Waals surface area contributed by atoms with Crippen LogP contribution in [0.4, 0.5) is 5.82 Å². The number of rotatable bonds is 6. The summed E-state index contributed by atoms with van der Waals surface area (Å²) in [6.45, 7) is 3.20. The average molecular weight is 245 g/mol. The van der Waals surface area contributed by atoms with Crippen molar-refractivity contribution in [1.29, 1.82) is 0 Å². The summed E-state index contributed by atoms with van der Waals surface area (Å²) < 4.78 is 0. The first-order chi connectivity index (χ1) is 8.83. The number of nitrogens with zero attached hydrogens (tertiary/aromatic N) is 2. The van der Waals surface area contributed by atoms with E-state index in [1.54, 1.807) is 6.20 Å². The maximum absolute atomic E-state index is 8.95. The molecule has 2 N–H and O–H groups in total.